The van der Waals surface area contributed by atoms with Crippen molar-refractivity contribution >= 4 is 23.6 Å². The number of carboxylic acids is 2. The van der Waals surface area contributed by atoms with Gasteiger partial charge >= 0.3 is 17.9 Å². The lowest BCUT2D eigenvalue weighted by Crippen LogP contribution is -2.18. The van der Waals surface area contributed by atoms with Gasteiger partial charge in [-0.3, -0.25) is 0 Å². The maximum Gasteiger partial charge on any atom is 0.352 e. The van der Waals surface area contributed by atoms with Gasteiger partial charge in [0.1, 0.15) is 5.70 Å². The maximum atomic E-state index is 11.5. The molecule has 0 aliphatic heterocycles. The van der Waals surface area contributed by atoms with Crippen LogP contribution in [0.3, 0.4) is 0 Å². The van der Waals surface area contributed by atoms with Crippen LogP contribution in [0.1, 0.15) is 36.5 Å². The summed E-state index contributed by atoms with van der Waals surface area (Å²) in [6, 6.07) is 5.99. The number of benzene rings is 1. The van der Waals surface area contributed by atoms with Crippen molar-refractivity contribution in [1.29, 1.82) is 0 Å². The van der Waals surface area contributed by atoms with E-state index in [9.17, 15) is 24.6 Å². The number of anilines is 1. The van der Waals surface area contributed by atoms with E-state index in [0.29, 0.717) is 12.1 Å². The lowest BCUT2D eigenvalue weighted by molar-refractivity contribution is -0.136. The smallest absolute Gasteiger partial charge is 0.352 e. The van der Waals surface area contributed by atoms with Gasteiger partial charge in [-0.2, -0.15) is 0 Å². The number of carbonyl (C=O) groups excluding carboxylic acids is 1. The fourth-order valence-corrected chi connectivity index (χ4v) is 1.94. The number of nitrogens with one attached hydrogen (secondary N) is 1. The second-order valence-corrected chi connectivity index (χ2v) is 4.76. The lowest BCUT2D eigenvalue weighted by Gasteiger charge is -2.12. The quantitative estimate of drug-likeness (QED) is 0.498. The maximum absolute atomic E-state index is 11.5. The number of esters is 1. The molecular formula is C16H19NO6. The number of rotatable bonds is 8. The Morgan fingerprint density at radius 3 is 2.39 bits per heavy atom. The van der Waals surface area contributed by atoms with Crippen molar-refractivity contribution in [3.8, 4) is 0 Å². The molecule has 0 saturated heterocycles. The van der Waals surface area contributed by atoms with E-state index < -0.39 is 23.6 Å². The summed E-state index contributed by atoms with van der Waals surface area (Å²) in [6.45, 7) is 1.88. The molecule has 0 aliphatic rings. The number of methoxy groups -OCH3 is 1. The van der Waals surface area contributed by atoms with Gasteiger partial charge in [-0.25, -0.2) is 14.4 Å². The second kappa shape index (κ2) is 8.57. The summed E-state index contributed by atoms with van der Waals surface area (Å²) in [7, 11) is 1.23. The van der Waals surface area contributed by atoms with Crippen molar-refractivity contribution < 1.29 is 29.3 Å². The van der Waals surface area contributed by atoms with Crippen LogP contribution in [-0.4, -0.2) is 35.2 Å². The van der Waals surface area contributed by atoms with Crippen molar-refractivity contribution in [2.45, 2.75) is 26.2 Å². The molecule has 0 bridgehead atoms. The molecule has 0 aromatic heterocycles. The van der Waals surface area contributed by atoms with Gasteiger partial charge in [0.15, 0.2) is 0 Å². The van der Waals surface area contributed by atoms with Crippen LogP contribution in [0.25, 0.3) is 0 Å². The van der Waals surface area contributed by atoms with Gasteiger partial charge in [0.25, 0.3) is 0 Å². The Morgan fingerprint density at radius 1 is 1.17 bits per heavy atom. The molecule has 0 heterocycles. The zero-order chi connectivity index (χ0) is 17.4. The normalized spacial score (nSPS) is 11.4. The second-order valence-electron chi connectivity index (χ2n) is 4.76. The SMILES string of the molecule is CCCCC(C(=O)O)=C(Nc1cccc(C(=O)OC)c1)C(=O)O. The van der Waals surface area contributed by atoms with Crippen LogP contribution in [0, 0.1) is 0 Å². The molecule has 0 atom stereocenters. The molecule has 0 spiro atoms. The van der Waals surface area contributed by atoms with Gasteiger partial charge in [0.05, 0.1) is 18.2 Å². The van der Waals surface area contributed by atoms with Crippen LogP contribution >= 0.6 is 0 Å². The molecule has 3 N–H and O–H groups in total. The molecule has 7 nitrogen and oxygen atoms in total. The van der Waals surface area contributed by atoms with E-state index >= 15 is 0 Å². The van der Waals surface area contributed by atoms with E-state index in [2.05, 4.69) is 10.1 Å². The highest BCUT2D eigenvalue weighted by Gasteiger charge is 2.20. The van der Waals surface area contributed by atoms with Gasteiger partial charge in [-0.15, -0.1) is 0 Å². The van der Waals surface area contributed by atoms with Crippen molar-refractivity contribution in [2.75, 3.05) is 12.4 Å². The molecule has 0 saturated carbocycles. The molecule has 1 rings (SSSR count). The van der Waals surface area contributed by atoms with Crippen molar-refractivity contribution in [1.82, 2.24) is 0 Å². The summed E-state index contributed by atoms with van der Waals surface area (Å²) in [5, 5.41) is 21.1. The number of ether oxygens (including phenoxy) is 1. The first-order valence-electron chi connectivity index (χ1n) is 7.05. The van der Waals surface area contributed by atoms with E-state index in [1.807, 2.05) is 6.92 Å². The highest BCUT2D eigenvalue weighted by molar-refractivity contribution is 6.01. The van der Waals surface area contributed by atoms with Crippen LogP contribution in [0.15, 0.2) is 35.5 Å². The van der Waals surface area contributed by atoms with E-state index in [-0.39, 0.29) is 17.6 Å². The zero-order valence-corrected chi connectivity index (χ0v) is 13.0. The van der Waals surface area contributed by atoms with Crippen molar-refractivity contribution in [3.05, 3.63) is 41.1 Å². The first-order chi connectivity index (χ1) is 10.9. The monoisotopic (exact) mass is 321 g/mol. The molecular weight excluding hydrogens is 302 g/mol. The fourth-order valence-electron chi connectivity index (χ4n) is 1.94. The van der Waals surface area contributed by atoms with E-state index in [0.717, 1.165) is 6.42 Å². The summed E-state index contributed by atoms with van der Waals surface area (Å²) in [4.78, 5) is 34.2. The van der Waals surface area contributed by atoms with Crippen LogP contribution in [-0.2, 0) is 14.3 Å². The van der Waals surface area contributed by atoms with Gasteiger partial charge in [-0.05, 0) is 31.0 Å². The molecule has 1 aromatic rings. The molecule has 7 heteroatoms. The predicted octanol–water partition coefficient (Wildman–Crippen LogP) is 2.50. The first-order valence-corrected chi connectivity index (χ1v) is 7.05. The minimum atomic E-state index is -1.37. The molecule has 0 fully saturated rings. The molecule has 124 valence electrons. The third kappa shape index (κ3) is 5.14. The number of carboxylic acid groups (broad SMARTS) is 2. The summed E-state index contributed by atoms with van der Waals surface area (Å²) >= 11 is 0. The Morgan fingerprint density at radius 2 is 1.87 bits per heavy atom. The number of hydrogen-bond acceptors (Lipinski definition) is 5. The third-order valence-corrected chi connectivity index (χ3v) is 3.11. The van der Waals surface area contributed by atoms with Crippen LogP contribution < -0.4 is 5.32 Å². The number of carbonyl (C=O) groups is 3. The average molecular weight is 321 g/mol. The van der Waals surface area contributed by atoms with Gasteiger partial charge in [0.2, 0.25) is 0 Å². The molecule has 23 heavy (non-hydrogen) atoms. The molecule has 0 radical (unpaired) electrons. The Labute approximate surface area is 133 Å². The summed E-state index contributed by atoms with van der Waals surface area (Å²) in [6.07, 6.45) is 1.43. The Kier molecular flexibility index (Phi) is 6.79. The molecule has 0 unspecified atom stereocenters. The summed E-state index contributed by atoms with van der Waals surface area (Å²) in [5.74, 6) is -3.23. The summed E-state index contributed by atoms with van der Waals surface area (Å²) in [5.41, 5.74) is -0.0935. The number of hydrogen-bond donors (Lipinski definition) is 3. The van der Waals surface area contributed by atoms with Crippen molar-refractivity contribution in [2.24, 2.45) is 0 Å². The van der Waals surface area contributed by atoms with Crippen molar-refractivity contribution in [3.63, 3.8) is 0 Å². The van der Waals surface area contributed by atoms with Gasteiger partial charge in [0, 0.05) is 5.69 Å². The third-order valence-electron chi connectivity index (χ3n) is 3.11. The van der Waals surface area contributed by atoms with Crippen LogP contribution in [0.2, 0.25) is 0 Å². The molecule has 1 aromatic carbocycles. The fraction of sp³-hybridized carbons (Fsp3) is 0.312. The highest BCUT2D eigenvalue weighted by Crippen LogP contribution is 2.19. The van der Waals surface area contributed by atoms with Crippen LogP contribution in [0.5, 0.6) is 0 Å². The van der Waals surface area contributed by atoms with Gasteiger partial charge < -0.3 is 20.3 Å². The minimum Gasteiger partial charge on any atom is -0.478 e. The average Bonchev–Trinajstić information content (AvgIpc) is 2.53. The standard InChI is InChI=1S/C16H19NO6/c1-3-4-8-12(14(18)19)13(15(20)21)17-11-7-5-6-10(9-11)16(22)23-2/h5-7,9,17H,3-4,8H2,1-2H3,(H,18,19)(H,20,21). The summed E-state index contributed by atoms with van der Waals surface area (Å²) < 4.78 is 4.59. The number of unbranched alkanes of at least 4 members (excludes halogenated alkanes) is 1. The Balaban J connectivity index is 3.19. The predicted molar refractivity (Wildman–Crippen MR) is 83.2 cm³/mol. The Bertz CT molecular complexity index is 635. The zero-order valence-electron chi connectivity index (χ0n) is 13.0. The topological polar surface area (TPSA) is 113 Å². The van der Waals surface area contributed by atoms with E-state index in [4.69, 9.17) is 0 Å². The Hall–Kier alpha value is -2.83. The largest absolute Gasteiger partial charge is 0.478 e. The minimum absolute atomic E-state index is 0.136. The highest BCUT2D eigenvalue weighted by atomic mass is 16.5. The number of aliphatic carboxylic acids is 2. The van der Waals surface area contributed by atoms with E-state index in [1.54, 1.807) is 6.07 Å². The lowest BCUT2D eigenvalue weighted by atomic mass is 10.1. The van der Waals surface area contributed by atoms with Crippen LogP contribution in [0.4, 0.5) is 5.69 Å². The molecule has 0 amide bonds. The molecule has 0 aliphatic carbocycles. The van der Waals surface area contributed by atoms with E-state index in [1.165, 1.54) is 25.3 Å². The van der Waals surface area contributed by atoms with Gasteiger partial charge in [-0.1, -0.05) is 19.4 Å². The first kappa shape index (κ1) is 18.2.